The van der Waals surface area contributed by atoms with Crippen LogP contribution in [0, 0.1) is 25.2 Å². The van der Waals surface area contributed by atoms with Gasteiger partial charge in [-0.2, -0.15) is 10.4 Å². The minimum absolute atomic E-state index is 0.181. The van der Waals surface area contributed by atoms with Gasteiger partial charge in [0.1, 0.15) is 6.07 Å². The molecule has 2 aromatic carbocycles. The molecule has 0 unspecified atom stereocenters. The standard InChI is InChI=1S/C25H20ClN5O/c1-16-24(17(2)31(30-16)20-11-10-18(14-27)23(26)13-20)21-8-3-4-9-22(21)25(32)29-15-19-7-5-6-12-28-19/h3-13H,15H2,1-2H3,(H,29,32). The maximum atomic E-state index is 13.0. The maximum Gasteiger partial charge on any atom is 0.252 e. The van der Waals surface area contributed by atoms with Gasteiger partial charge in [-0.15, -0.1) is 0 Å². The summed E-state index contributed by atoms with van der Waals surface area (Å²) in [6.07, 6.45) is 1.70. The lowest BCUT2D eigenvalue weighted by Gasteiger charge is -2.11. The van der Waals surface area contributed by atoms with E-state index in [1.165, 1.54) is 0 Å². The Kier molecular flexibility index (Phi) is 6.02. The SMILES string of the molecule is Cc1nn(-c2ccc(C#N)c(Cl)c2)c(C)c1-c1ccccc1C(=O)NCc1ccccn1. The van der Waals surface area contributed by atoms with Crippen LogP contribution in [0.2, 0.25) is 5.02 Å². The minimum Gasteiger partial charge on any atom is -0.346 e. The molecule has 4 aromatic rings. The van der Waals surface area contributed by atoms with Crippen LogP contribution in [0.15, 0.2) is 66.9 Å². The van der Waals surface area contributed by atoms with Crippen molar-refractivity contribution < 1.29 is 4.79 Å². The Morgan fingerprint density at radius 1 is 1.12 bits per heavy atom. The molecule has 0 bridgehead atoms. The van der Waals surface area contributed by atoms with E-state index in [4.69, 9.17) is 16.9 Å². The van der Waals surface area contributed by atoms with Gasteiger partial charge in [0.2, 0.25) is 0 Å². The van der Waals surface area contributed by atoms with E-state index in [9.17, 15) is 4.79 Å². The number of aryl methyl sites for hydroxylation is 1. The summed E-state index contributed by atoms with van der Waals surface area (Å²) in [4.78, 5) is 17.3. The number of carbonyl (C=O) groups excluding carboxylic acids is 1. The lowest BCUT2D eigenvalue weighted by molar-refractivity contribution is 0.0951. The fourth-order valence-electron chi connectivity index (χ4n) is 3.68. The first-order chi connectivity index (χ1) is 15.5. The highest BCUT2D eigenvalue weighted by Gasteiger charge is 2.20. The van der Waals surface area contributed by atoms with E-state index in [2.05, 4.69) is 21.5 Å². The fraction of sp³-hybridized carbons (Fsp3) is 0.120. The number of carbonyl (C=O) groups is 1. The average molecular weight is 442 g/mol. The Morgan fingerprint density at radius 2 is 1.91 bits per heavy atom. The van der Waals surface area contributed by atoms with Gasteiger partial charge in [-0.25, -0.2) is 4.68 Å². The third-order valence-electron chi connectivity index (χ3n) is 5.21. The molecule has 2 aromatic heterocycles. The molecule has 2 heterocycles. The number of pyridine rings is 1. The quantitative estimate of drug-likeness (QED) is 0.472. The molecule has 6 nitrogen and oxygen atoms in total. The van der Waals surface area contributed by atoms with Gasteiger partial charge in [0, 0.05) is 23.0 Å². The molecule has 0 saturated heterocycles. The second-order valence-electron chi connectivity index (χ2n) is 7.28. The van der Waals surface area contributed by atoms with Crippen LogP contribution in [0.3, 0.4) is 0 Å². The van der Waals surface area contributed by atoms with Crippen LogP contribution < -0.4 is 5.32 Å². The monoisotopic (exact) mass is 441 g/mol. The molecule has 0 aliphatic carbocycles. The molecule has 0 saturated carbocycles. The molecular formula is C25H20ClN5O. The molecular weight excluding hydrogens is 422 g/mol. The van der Waals surface area contributed by atoms with Crippen molar-refractivity contribution in [1.29, 1.82) is 5.26 Å². The number of halogens is 1. The van der Waals surface area contributed by atoms with E-state index < -0.39 is 0 Å². The van der Waals surface area contributed by atoms with Crippen LogP contribution in [0.1, 0.15) is 33.0 Å². The van der Waals surface area contributed by atoms with Gasteiger partial charge in [0.15, 0.2) is 0 Å². The predicted molar refractivity (Wildman–Crippen MR) is 124 cm³/mol. The molecule has 4 rings (SSSR count). The van der Waals surface area contributed by atoms with Crippen molar-refractivity contribution in [2.24, 2.45) is 0 Å². The molecule has 158 valence electrons. The summed E-state index contributed by atoms with van der Waals surface area (Å²) in [5.74, 6) is -0.181. The van der Waals surface area contributed by atoms with Gasteiger partial charge in [-0.1, -0.05) is 35.9 Å². The van der Waals surface area contributed by atoms with Crippen molar-refractivity contribution in [1.82, 2.24) is 20.1 Å². The summed E-state index contributed by atoms with van der Waals surface area (Å²) in [6, 6.07) is 20.3. The third-order valence-corrected chi connectivity index (χ3v) is 5.52. The van der Waals surface area contributed by atoms with Gasteiger partial charge in [-0.05, 0) is 55.8 Å². The highest BCUT2D eigenvalue weighted by Crippen LogP contribution is 2.32. The molecule has 1 N–H and O–H groups in total. The van der Waals surface area contributed by atoms with Crippen molar-refractivity contribution in [2.45, 2.75) is 20.4 Å². The van der Waals surface area contributed by atoms with Crippen molar-refractivity contribution in [2.75, 3.05) is 0 Å². The van der Waals surface area contributed by atoms with Gasteiger partial charge < -0.3 is 5.32 Å². The number of nitrogens with one attached hydrogen (secondary N) is 1. The Balaban J connectivity index is 1.70. The number of amides is 1. The van der Waals surface area contributed by atoms with E-state index in [-0.39, 0.29) is 5.91 Å². The first kappa shape index (κ1) is 21.3. The molecule has 0 atom stereocenters. The van der Waals surface area contributed by atoms with Gasteiger partial charge in [-0.3, -0.25) is 9.78 Å². The number of hydrogen-bond donors (Lipinski definition) is 1. The number of nitriles is 1. The fourth-order valence-corrected chi connectivity index (χ4v) is 3.90. The largest absolute Gasteiger partial charge is 0.346 e. The molecule has 0 spiro atoms. The van der Waals surface area contributed by atoms with E-state index in [0.29, 0.717) is 22.7 Å². The summed E-state index contributed by atoms with van der Waals surface area (Å²) in [5, 5.41) is 17.1. The van der Waals surface area contributed by atoms with Crippen LogP contribution >= 0.6 is 11.6 Å². The maximum absolute atomic E-state index is 13.0. The number of nitrogens with zero attached hydrogens (tertiary/aromatic N) is 4. The minimum atomic E-state index is -0.181. The zero-order valence-corrected chi connectivity index (χ0v) is 18.4. The second-order valence-corrected chi connectivity index (χ2v) is 7.69. The zero-order valence-electron chi connectivity index (χ0n) is 17.6. The Hall–Kier alpha value is -3.95. The normalized spacial score (nSPS) is 10.6. The summed E-state index contributed by atoms with van der Waals surface area (Å²) >= 11 is 6.23. The van der Waals surface area contributed by atoms with Crippen LogP contribution in [-0.4, -0.2) is 20.7 Å². The molecule has 0 radical (unpaired) electrons. The average Bonchev–Trinajstić information content (AvgIpc) is 3.11. The van der Waals surface area contributed by atoms with Crippen molar-refractivity contribution in [3.8, 4) is 22.9 Å². The molecule has 0 aliphatic heterocycles. The predicted octanol–water partition coefficient (Wildman–Crippen LogP) is 5.01. The highest BCUT2D eigenvalue weighted by atomic mass is 35.5. The van der Waals surface area contributed by atoms with Crippen molar-refractivity contribution in [3.63, 3.8) is 0 Å². The second kappa shape index (κ2) is 9.04. The molecule has 7 heteroatoms. The molecule has 1 amide bonds. The highest BCUT2D eigenvalue weighted by molar-refractivity contribution is 6.31. The molecule has 0 fully saturated rings. The lowest BCUT2D eigenvalue weighted by Crippen LogP contribution is -2.24. The Labute approximate surface area is 191 Å². The summed E-state index contributed by atoms with van der Waals surface area (Å²) in [5.41, 5.74) is 5.84. The van der Waals surface area contributed by atoms with Gasteiger partial charge in [0.25, 0.3) is 5.91 Å². The van der Waals surface area contributed by atoms with E-state index in [1.807, 2.05) is 50.2 Å². The van der Waals surface area contributed by atoms with E-state index in [0.717, 1.165) is 33.9 Å². The Bertz CT molecular complexity index is 1340. The van der Waals surface area contributed by atoms with Crippen LogP contribution in [-0.2, 0) is 6.54 Å². The first-order valence-corrected chi connectivity index (χ1v) is 10.4. The smallest absolute Gasteiger partial charge is 0.252 e. The van der Waals surface area contributed by atoms with Gasteiger partial charge in [0.05, 0.1) is 34.2 Å². The number of aromatic nitrogens is 3. The van der Waals surface area contributed by atoms with Crippen LogP contribution in [0.25, 0.3) is 16.8 Å². The van der Waals surface area contributed by atoms with Crippen molar-refractivity contribution >= 4 is 17.5 Å². The van der Waals surface area contributed by atoms with Crippen molar-refractivity contribution in [3.05, 3.63) is 100 Å². The third kappa shape index (κ3) is 4.11. The molecule has 0 aliphatic rings. The summed E-state index contributed by atoms with van der Waals surface area (Å²) in [7, 11) is 0. The van der Waals surface area contributed by atoms with E-state index >= 15 is 0 Å². The van der Waals surface area contributed by atoms with Gasteiger partial charge >= 0.3 is 0 Å². The number of rotatable bonds is 5. The number of hydrogen-bond acceptors (Lipinski definition) is 4. The summed E-state index contributed by atoms with van der Waals surface area (Å²) < 4.78 is 1.78. The Morgan fingerprint density at radius 3 is 2.62 bits per heavy atom. The number of benzene rings is 2. The van der Waals surface area contributed by atoms with Crippen LogP contribution in [0.4, 0.5) is 0 Å². The first-order valence-electron chi connectivity index (χ1n) is 10.0. The summed E-state index contributed by atoms with van der Waals surface area (Å²) in [6.45, 7) is 4.20. The topological polar surface area (TPSA) is 83.6 Å². The van der Waals surface area contributed by atoms with E-state index in [1.54, 1.807) is 35.1 Å². The zero-order chi connectivity index (χ0) is 22.7. The van der Waals surface area contributed by atoms with Crippen LogP contribution in [0.5, 0.6) is 0 Å². The molecule has 32 heavy (non-hydrogen) atoms. The lowest BCUT2D eigenvalue weighted by atomic mass is 9.97.